The second-order valence-corrected chi connectivity index (χ2v) is 9.10. The van der Waals surface area contributed by atoms with Crippen molar-refractivity contribution < 1.29 is 22.3 Å². The van der Waals surface area contributed by atoms with Gasteiger partial charge in [-0.15, -0.1) is 0 Å². The fraction of sp³-hybridized carbons (Fsp3) is 0.381. The maximum absolute atomic E-state index is 13.1. The SMILES string of the molecule is COc1ccc([C@H](C)NC(=O)[C@@H]2CCCN(S(=O)(=O)c3ccc(F)cc3)C2)cc1. The van der Waals surface area contributed by atoms with Gasteiger partial charge in [-0.2, -0.15) is 4.31 Å². The molecule has 156 valence electrons. The summed E-state index contributed by atoms with van der Waals surface area (Å²) in [6, 6.07) is 12.0. The molecule has 1 fully saturated rings. The summed E-state index contributed by atoms with van der Waals surface area (Å²) in [7, 11) is -2.17. The van der Waals surface area contributed by atoms with Crippen LogP contribution in [0.3, 0.4) is 0 Å². The minimum atomic E-state index is -3.76. The maximum Gasteiger partial charge on any atom is 0.243 e. The van der Waals surface area contributed by atoms with E-state index in [0.29, 0.717) is 19.4 Å². The molecule has 3 rings (SSSR count). The van der Waals surface area contributed by atoms with Crippen molar-refractivity contribution >= 4 is 15.9 Å². The number of carbonyl (C=O) groups excluding carboxylic acids is 1. The number of amides is 1. The average Bonchev–Trinajstić information content (AvgIpc) is 2.74. The lowest BCUT2D eigenvalue weighted by Crippen LogP contribution is -2.45. The van der Waals surface area contributed by atoms with Crippen LogP contribution in [0.5, 0.6) is 5.75 Å². The normalized spacial score (nSPS) is 18.8. The Hall–Kier alpha value is -2.45. The molecule has 29 heavy (non-hydrogen) atoms. The standard InChI is InChI=1S/C21H25FN2O4S/c1-15(16-5-9-19(28-2)10-6-16)23-21(25)17-4-3-13-24(14-17)29(26,27)20-11-7-18(22)8-12-20/h5-12,15,17H,3-4,13-14H2,1-2H3,(H,23,25)/t15-,17+/m0/s1. The van der Waals surface area contributed by atoms with Gasteiger partial charge in [-0.25, -0.2) is 12.8 Å². The van der Waals surface area contributed by atoms with Crippen molar-refractivity contribution in [3.63, 3.8) is 0 Å². The van der Waals surface area contributed by atoms with Crippen LogP contribution < -0.4 is 10.1 Å². The lowest BCUT2D eigenvalue weighted by atomic mass is 9.98. The number of benzene rings is 2. The Balaban J connectivity index is 1.66. The Morgan fingerprint density at radius 3 is 2.45 bits per heavy atom. The summed E-state index contributed by atoms with van der Waals surface area (Å²) in [5, 5.41) is 2.97. The minimum absolute atomic E-state index is 0.0339. The molecule has 0 saturated carbocycles. The quantitative estimate of drug-likeness (QED) is 0.779. The maximum atomic E-state index is 13.1. The van der Waals surface area contributed by atoms with E-state index < -0.39 is 21.8 Å². The highest BCUT2D eigenvalue weighted by atomic mass is 32.2. The topological polar surface area (TPSA) is 75.7 Å². The number of sulfonamides is 1. The Bertz CT molecular complexity index is 946. The molecule has 2 aromatic rings. The van der Waals surface area contributed by atoms with Gasteiger partial charge in [0.15, 0.2) is 0 Å². The number of methoxy groups -OCH3 is 1. The lowest BCUT2D eigenvalue weighted by molar-refractivity contribution is -0.126. The van der Waals surface area contributed by atoms with Crippen molar-refractivity contribution in [2.45, 2.75) is 30.7 Å². The number of piperidine rings is 1. The third kappa shape index (κ3) is 4.94. The van der Waals surface area contributed by atoms with Gasteiger partial charge in [0.1, 0.15) is 11.6 Å². The second kappa shape index (κ2) is 8.92. The highest BCUT2D eigenvalue weighted by molar-refractivity contribution is 7.89. The summed E-state index contributed by atoms with van der Waals surface area (Å²) in [5.41, 5.74) is 0.936. The molecular weight excluding hydrogens is 395 g/mol. The van der Waals surface area contributed by atoms with Gasteiger partial charge in [0.25, 0.3) is 0 Å². The van der Waals surface area contributed by atoms with Crippen LogP contribution in [0.2, 0.25) is 0 Å². The van der Waals surface area contributed by atoms with Crippen LogP contribution in [0, 0.1) is 11.7 Å². The van der Waals surface area contributed by atoms with E-state index in [9.17, 15) is 17.6 Å². The molecule has 2 atom stereocenters. The molecule has 1 amide bonds. The van der Waals surface area contributed by atoms with E-state index in [2.05, 4.69) is 5.32 Å². The molecule has 0 aromatic heterocycles. The number of nitrogens with one attached hydrogen (secondary N) is 1. The molecule has 2 aromatic carbocycles. The highest BCUT2D eigenvalue weighted by Crippen LogP contribution is 2.25. The minimum Gasteiger partial charge on any atom is -0.497 e. The van der Waals surface area contributed by atoms with Gasteiger partial charge in [-0.1, -0.05) is 12.1 Å². The zero-order valence-corrected chi connectivity index (χ0v) is 17.3. The fourth-order valence-corrected chi connectivity index (χ4v) is 4.96. The number of rotatable bonds is 6. The molecule has 1 aliphatic heterocycles. The monoisotopic (exact) mass is 420 g/mol. The molecular formula is C21H25FN2O4S. The van der Waals surface area contributed by atoms with Gasteiger partial charge >= 0.3 is 0 Å². The lowest BCUT2D eigenvalue weighted by Gasteiger charge is -2.32. The number of hydrogen-bond donors (Lipinski definition) is 1. The molecule has 1 N–H and O–H groups in total. The zero-order chi connectivity index (χ0) is 21.0. The van der Waals surface area contributed by atoms with Gasteiger partial charge in [0.2, 0.25) is 15.9 Å². The van der Waals surface area contributed by atoms with E-state index in [-0.39, 0.29) is 23.4 Å². The predicted molar refractivity (Wildman–Crippen MR) is 107 cm³/mol. The smallest absolute Gasteiger partial charge is 0.243 e. The van der Waals surface area contributed by atoms with Crippen LogP contribution in [0.15, 0.2) is 53.4 Å². The van der Waals surface area contributed by atoms with Crippen molar-refractivity contribution in [1.82, 2.24) is 9.62 Å². The zero-order valence-electron chi connectivity index (χ0n) is 16.5. The van der Waals surface area contributed by atoms with Crippen LogP contribution in [0.4, 0.5) is 4.39 Å². The van der Waals surface area contributed by atoms with Crippen LogP contribution >= 0.6 is 0 Å². The molecule has 8 heteroatoms. The Labute approximate surface area is 170 Å². The molecule has 0 radical (unpaired) electrons. The summed E-state index contributed by atoms with van der Waals surface area (Å²) in [6.07, 6.45) is 1.21. The Morgan fingerprint density at radius 2 is 1.83 bits per heavy atom. The molecule has 1 saturated heterocycles. The number of nitrogens with zero attached hydrogens (tertiary/aromatic N) is 1. The van der Waals surface area contributed by atoms with Crippen molar-refractivity contribution in [2.75, 3.05) is 20.2 Å². The molecule has 0 aliphatic carbocycles. The Kier molecular flexibility index (Phi) is 6.54. The van der Waals surface area contributed by atoms with Gasteiger partial charge in [-0.3, -0.25) is 4.79 Å². The van der Waals surface area contributed by atoms with E-state index in [1.165, 1.54) is 16.4 Å². The summed E-state index contributed by atoms with van der Waals surface area (Å²) in [6.45, 7) is 2.34. The highest BCUT2D eigenvalue weighted by Gasteiger charge is 2.33. The summed E-state index contributed by atoms with van der Waals surface area (Å²) in [4.78, 5) is 12.8. The Morgan fingerprint density at radius 1 is 1.17 bits per heavy atom. The molecule has 0 spiro atoms. The first kappa shape index (κ1) is 21.3. The number of hydrogen-bond acceptors (Lipinski definition) is 4. The molecule has 0 unspecified atom stereocenters. The first-order chi connectivity index (χ1) is 13.8. The number of carbonyl (C=O) groups is 1. The third-order valence-corrected chi connectivity index (χ3v) is 7.06. The van der Waals surface area contributed by atoms with E-state index >= 15 is 0 Å². The van der Waals surface area contributed by atoms with E-state index in [4.69, 9.17) is 4.74 Å². The van der Waals surface area contributed by atoms with Crippen molar-refractivity contribution in [2.24, 2.45) is 5.92 Å². The van der Waals surface area contributed by atoms with Gasteiger partial charge < -0.3 is 10.1 Å². The number of halogens is 1. The van der Waals surface area contributed by atoms with Gasteiger partial charge in [0.05, 0.1) is 24.0 Å². The van der Waals surface area contributed by atoms with Crippen LogP contribution in [-0.2, 0) is 14.8 Å². The first-order valence-electron chi connectivity index (χ1n) is 9.51. The summed E-state index contributed by atoms with van der Waals surface area (Å²) >= 11 is 0. The fourth-order valence-electron chi connectivity index (χ4n) is 3.44. The summed E-state index contributed by atoms with van der Waals surface area (Å²) in [5.74, 6) is -0.361. The molecule has 1 aliphatic rings. The summed E-state index contributed by atoms with van der Waals surface area (Å²) < 4.78 is 45.2. The van der Waals surface area contributed by atoms with E-state index in [0.717, 1.165) is 23.4 Å². The van der Waals surface area contributed by atoms with Gasteiger partial charge in [-0.05, 0) is 61.7 Å². The van der Waals surface area contributed by atoms with Crippen LogP contribution in [-0.4, -0.2) is 38.8 Å². The van der Waals surface area contributed by atoms with Gasteiger partial charge in [0, 0.05) is 13.1 Å². The van der Waals surface area contributed by atoms with Crippen molar-refractivity contribution in [3.8, 4) is 5.75 Å². The predicted octanol–water partition coefficient (Wildman–Crippen LogP) is 3.11. The van der Waals surface area contributed by atoms with Crippen LogP contribution in [0.25, 0.3) is 0 Å². The molecule has 1 heterocycles. The van der Waals surface area contributed by atoms with Crippen molar-refractivity contribution in [1.29, 1.82) is 0 Å². The second-order valence-electron chi connectivity index (χ2n) is 7.16. The largest absolute Gasteiger partial charge is 0.497 e. The van der Waals surface area contributed by atoms with Crippen LogP contribution in [0.1, 0.15) is 31.4 Å². The van der Waals surface area contributed by atoms with E-state index in [1.807, 2.05) is 31.2 Å². The molecule has 0 bridgehead atoms. The average molecular weight is 421 g/mol. The first-order valence-corrected chi connectivity index (χ1v) is 11.0. The number of ether oxygens (including phenoxy) is 1. The molecule has 6 nitrogen and oxygen atoms in total. The third-order valence-electron chi connectivity index (χ3n) is 5.18. The van der Waals surface area contributed by atoms with Crippen molar-refractivity contribution in [3.05, 3.63) is 59.9 Å². The van der Waals surface area contributed by atoms with E-state index in [1.54, 1.807) is 7.11 Å².